The number of anilines is 2. The summed E-state index contributed by atoms with van der Waals surface area (Å²) in [5.74, 6) is 0.163. The Morgan fingerprint density at radius 1 is 1.09 bits per heavy atom. The summed E-state index contributed by atoms with van der Waals surface area (Å²) >= 11 is 6.00. The summed E-state index contributed by atoms with van der Waals surface area (Å²) in [4.78, 5) is 35.2. The summed E-state index contributed by atoms with van der Waals surface area (Å²) in [5, 5.41) is 3.47. The molecule has 0 unspecified atom stereocenters. The second-order valence-electron chi connectivity index (χ2n) is 8.43. The number of fused-ring (bicyclic) bond motifs is 2. The lowest BCUT2D eigenvalue weighted by Crippen LogP contribution is -2.35. The van der Waals surface area contributed by atoms with Gasteiger partial charge in [0.1, 0.15) is 0 Å². The number of aromatic nitrogens is 2. The van der Waals surface area contributed by atoms with E-state index in [9.17, 15) is 9.59 Å². The first kappa shape index (κ1) is 20.3. The molecule has 0 saturated heterocycles. The number of rotatable bonds is 4. The van der Waals surface area contributed by atoms with Crippen LogP contribution in [0, 0.1) is 0 Å². The fourth-order valence-electron chi connectivity index (χ4n) is 4.09. The van der Waals surface area contributed by atoms with E-state index in [1.807, 2.05) is 68.4 Å². The molecule has 3 aromatic carbocycles. The second kappa shape index (κ2) is 7.50. The standard InChI is InChI=1S/C25H21ClN4O2/c1-25(2)18-12-19-20(28-24(27-19)29-22(31)16-6-4-3-5-7-16)13-21(18)30(23(25)32)14-15-8-10-17(26)11-9-15/h3-13H,14H2,1-2H3,(H2,27,28,29,31). The molecule has 4 aromatic rings. The molecule has 5 rings (SSSR count). The molecule has 2 N–H and O–H groups in total. The van der Waals surface area contributed by atoms with Crippen molar-refractivity contribution < 1.29 is 9.59 Å². The SMILES string of the molecule is CC1(C)C(=O)N(Cc2ccc(Cl)cc2)c2cc3[nH]c(NC(=O)c4ccccc4)nc3cc21. The van der Waals surface area contributed by atoms with Crippen LogP contribution in [-0.2, 0) is 16.8 Å². The average Bonchev–Trinajstić information content (AvgIpc) is 3.26. The minimum Gasteiger partial charge on any atom is -0.324 e. The van der Waals surface area contributed by atoms with Crippen LogP contribution in [0.5, 0.6) is 0 Å². The number of nitrogens with zero attached hydrogens (tertiary/aromatic N) is 2. The Balaban J connectivity index is 1.49. The summed E-state index contributed by atoms with van der Waals surface area (Å²) in [7, 11) is 0. The normalized spacial score (nSPS) is 14.6. The highest BCUT2D eigenvalue weighted by Gasteiger charge is 2.44. The van der Waals surface area contributed by atoms with Crippen LogP contribution < -0.4 is 10.2 Å². The Hall–Kier alpha value is -3.64. The van der Waals surface area contributed by atoms with Crippen LogP contribution in [0.2, 0.25) is 5.02 Å². The largest absolute Gasteiger partial charge is 0.324 e. The number of hydrogen-bond donors (Lipinski definition) is 2. The van der Waals surface area contributed by atoms with Crippen molar-refractivity contribution in [3.05, 3.63) is 88.4 Å². The van der Waals surface area contributed by atoms with Gasteiger partial charge in [-0.05, 0) is 61.4 Å². The lowest BCUT2D eigenvalue weighted by molar-refractivity contribution is -0.122. The zero-order valence-electron chi connectivity index (χ0n) is 17.6. The summed E-state index contributed by atoms with van der Waals surface area (Å²) in [6, 6.07) is 20.3. The summed E-state index contributed by atoms with van der Waals surface area (Å²) in [6.07, 6.45) is 0. The predicted molar refractivity (Wildman–Crippen MR) is 126 cm³/mol. The molecule has 0 aliphatic carbocycles. The smallest absolute Gasteiger partial charge is 0.257 e. The quantitative estimate of drug-likeness (QED) is 0.448. The average molecular weight is 445 g/mol. The van der Waals surface area contributed by atoms with E-state index >= 15 is 0 Å². The maximum absolute atomic E-state index is 13.2. The van der Waals surface area contributed by atoms with E-state index in [-0.39, 0.29) is 11.8 Å². The summed E-state index contributed by atoms with van der Waals surface area (Å²) in [6.45, 7) is 4.29. The molecule has 0 spiro atoms. The number of nitrogens with one attached hydrogen (secondary N) is 2. The van der Waals surface area contributed by atoms with Crippen LogP contribution in [0.1, 0.15) is 35.3 Å². The van der Waals surface area contributed by atoms with Crippen LogP contribution in [0.15, 0.2) is 66.7 Å². The van der Waals surface area contributed by atoms with Crippen molar-refractivity contribution in [3.63, 3.8) is 0 Å². The predicted octanol–water partition coefficient (Wildman–Crippen LogP) is 5.29. The Morgan fingerprint density at radius 2 is 1.81 bits per heavy atom. The van der Waals surface area contributed by atoms with Gasteiger partial charge in [0.05, 0.1) is 28.7 Å². The van der Waals surface area contributed by atoms with E-state index in [1.165, 1.54) is 0 Å². The van der Waals surface area contributed by atoms with Crippen LogP contribution in [0.3, 0.4) is 0 Å². The molecule has 0 bridgehead atoms. The fourth-order valence-corrected chi connectivity index (χ4v) is 4.22. The fraction of sp³-hybridized carbons (Fsp3) is 0.160. The monoisotopic (exact) mass is 444 g/mol. The molecular formula is C25H21ClN4O2. The third-order valence-electron chi connectivity index (χ3n) is 5.87. The summed E-state index contributed by atoms with van der Waals surface area (Å²) in [5.41, 5.74) is 4.06. The van der Waals surface area contributed by atoms with Gasteiger partial charge in [-0.3, -0.25) is 14.9 Å². The minimum atomic E-state index is -0.678. The number of amides is 2. The lowest BCUT2D eigenvalue weighted by Gasteiger charge is -2.20. The third kappa shape index (κ3) is 3.42. The summed E-state index contributed by atoms with van der Waals surface area (Å²) < 4.78 is 0. The lowest BCUT2D eigenvalue weighted by atomic mass is 9.86. The van der Waals surface area contributed by atoms with Gasteiger partial charge in [0, 0.05) is 10.6 Å². The van der Waals surface area contributed by atoms with Crippen molar-refractivity contribution in [2.45, 2.75) is 25.8 Å². The molecule has 6 nitrogen and oxygen atoms in total. The number of carbonyl (C=O) groups excluding carboxylic acids is 2. The highest BCUT2D eigenvalue weighted by molar-refractivity contribution is 6.30. The molecule has 2 heterocycles. The molecule has 7 heteroatoms. The molecule has 0 atom stereocenters. The highest BCUT2D eigenvalue weighted by Crippen LogP contribution is 2.44. The maximum Gasteiger partial charge on any atom is 0.257 e. The Bertz CT molecular complexity index is 1340. The Kier molecular flexibility index (Phi) is 4.75. The number of H-pyrrole nitrogens is 1. The number of hydrogen-bond acceptors (Lipinski definition) is 3. The second-order valence-corrected chi connectivity index (χ2v) is 8.87. The van der Waals surface area contributed by atoms with Crippen LogP contribution >= 0.6 is 11.6 Å². The van der Waals surface area contributed by atoms with Gasteiger partial charge >= 0.3 is 0 Å². The first-order valence-electron chi connectivity index (χ1n) is 10.3. The molecule has 0 radical (unpaired) electrons. The number of aromatic amines is 1. The van der Waals surface area contributed by atoms with Gasteiger partial charge < -0.3 is 9.88 Å². The topological polar surface area (TPSA) is 78.1 Å². The van der Waals surface area contributed by atoms with Crippen molar-refractivity contribution in [1.82, 2.24) is 9.97 Å². The first-order valence-corrected chi connectivity index (χ1v) is 10.7. The van der Waals surface area contributed by atoms with Gasteiger partial charge in [0.2, 0.25) is 11.9 Å². The van der Waals surface area contributed by atoms with E-state index < -0.39 is 5.41 Å². The highest BCUT2D eigenvalue weighted by atomic mass is 35.5. The Morgan fingerprint density at radius 3 is 2.53 bits per heavy atom. The molecule has 32 heavy (non-hydrogen) atoms. The van der Waals surface area contributed by atoms with Crippen molar-refractivity contribution in [3.8, 4) is 0 Å². The van der Waals surface area contributed by atoms with E-state index in [1.54, 1.807) is 17.0 Å². The molecular weight excluding hydrogens is 424 g/mol. The number of halogens is 1. The molecule has 1 aliphatic rings. The van der Waals surface area contributed by atoms with Gasteiger partial charge in [0.25, 0.3) is 5.91 Å². The maximum atomic E-state index is 13.2. The van der Waals surface area contributed by atoms with E-state index in [2.05, 4.69) is 15.3 Å². The molecule has 1 aliphatic heterocycles. The van der Waals surface area contributed by atoms with E-state index in [0.717, 1.165) is 22.3 Å². The number of carbonyl (C=O) groups is 2. The molecule has 0 fully saturated rings. The zero-order valence-corrected chi connectivity index (χ0v) is 18.4. The van der Waals surface area contributed by atoms with Crippen molar-refractivity contribution in [1.29, 1.82) is 0 Å². The Labute approximate surface area is 190 Å². The van der Waals surface area contributed by atoms with Crippen LogP contribution in [-0.4, -0.2) is 21.8 Å². The number of imidazole rings is 1. The third-order valence-corrected chi connectivity index (χ3v) is 6.12. The van der Waals surface area contributed by atoms with Crippen LogP contribution in [0.4, 0.5) is 11.6 Å². The van der Waals surface area contributed by atoms with Gasteiger partial charge in [0.15, 0.2) is 0 Å². The van der Waals surface area contributed by atoms with Crippen molar-refractivity contribution in [2.24, 2.45) is 0 Å². The molecule has 1 aromatic heterocycles. The van der Waals surface area contributed by atoms with Crippen LogP contribution in [0.25, 0.3) is 11.0 Å². The van der Waals surface area contributed by atoms with E-state index in [4.69, 9.17) is 11.6 Å². The van der Waals surface area contributed by atoms with E-state index in [0.29, 0.717) is 28.6 Å². The minimum absolute atomic E-state index is 0.0349. The van der Waals surface area contributed by atoms with Gasteiger partial charge in [-0.15, -0.1) is 0 Å². The first-order chi connectivity index (χ1) is 15.3. The van der Waals surface area contributed by atoms with Gasteiger partial charge in [-0.1, -0.05) is 41.9 Å². The van der Waals surface area contributed by atoms with Crippen molar-refractivity contribution >= 4 is 46.1 Å². The van der Waals surface area contributed by atoms with Crippen molar-refractivity contribution in [2.75, 3.05) is 10.2 Å². The molecule has 0 saturated carbocycles. The van der Waals surface area contributed by atoms with Gasteiger partial charge in [-0.25, -0.2) is 4.98 Å². The molecule has 160 valence electrons. The zero-order chi connectivity index (χ0) is 22.5. The number of benzene rings is 3. The van der Waals surface area contributed by atoms with Gasteiger partial charge in [-0.2, -0.15) is 0 Å². The molecule has 2 amide bonds.